The van der Waals surface area contributed by atoms with Crippen LogP contribution in [0, 0.1) is 11.3 Å². The Bertz CT molecular complexity index is 346. The maximum atomic E-state index is 8.98. The lowest BCUT2D eigenvalue weighted by Gasteiger charge is -2.32. The third kappa shape index (κ3) is 1.12. The molecule has 4 nitrogen and oxygen atoms in total. The molecule has 0 bridgehead atoms. The molecule has 1 aromatic heterocycles. The Morgan fingerprint density at radius 1 is 1.77 bits per heavy atom. The van der Waals surface area contributed by atoms with Crippen LogP contribution in [-0.2, 0) is 16.6 Å². The van der Waals surface area contributed by atoms with E-state index in [1.54, 1.807) is 6.20 Å². The van der Waals surface area contributed by atoms with Crippen molar-refractivity contribution in [2.24, 2.45) is 0 Å². The molecule has 0 spiro atoms. The molecule has 4 heteroatoms. The molecule has 1 N–H and O–H groups in total. The van der Waals surface area contributed by atoms with Gasteiger partial charge in [-0.05, 0) is 6.42 Å². The van der Waals surface area contributed by atoms with Gasteiger partial charge in [-0.2, -0.15) is 5.26 Å². The van der Waals surface area contributed by atoms with Crippen molar-refractivity contribution in [3.63, 3.8) is 0 Å². The largest absolute Gasteiger partial charge is 0.377 e. The van der Waals surface area contributed by atoms with Gasteiger partial charge in [-0.1, -0.05) is 6.92 Å². The maximum Gasteiger partial charge on any atom is 0.161 e. The molecule has 1 aromatic rings. The molecule has 0 unspecified atom stereocenters. The van der Waals surface area contributed by atoms with E-state index in [0.717, 1.165) is 17.9 Å². The Morgan fingerprint density at radius 2 is 2.54 bits per heavy atom. The summed E-state index contributed by atoms with van der Waals surface area (Å²) < 4.78 is 5.04. The summed E-state index contributed by atoms with van der Waals surface area (Å²) in [7, 11) is 0. The quantitative estimate of drug-likeness (QED) is 0.725. The molecule has 2 heterocycles. The Balaban J connectivity index is 2.29. The van der Waals surface area contributed by atoms with Crippen LogP contribution in [0.3, 0.4) is 0 Å². The van der Waals surface area contributed by atoms with E-state index in [-0.39, 0.29) is 0 Å². The SMILES string of the molecule is CCc1cnc(C2(C#N)COC2)[nH]1. The molecular weight excluding hydrogens is 166 g/mol. The Labute approximate surface area is 76.6 Å². The van der Waals surface area contributed by atoms with Crippen molar-refractivity contribution in [3.8, 4) is 6.07 Å². The molecule has 0 saturated carbocycles. The molecule has 13 heavy (non-hydrogen) atoms. The van der Waals surface area contributed by atoms with E-state index >= 15 is 0 Å². The molecule has 0 atom stereocenters. The summed E-state index contributed by atoms with van der Waals surface area (Å²) in [6.45, 7) is 2.97. The molecule has 1 fully saturated rings. The van der Waals surface area contributed by atoms with Crippen LogP contribution in [0.2, 0.25) is 0 Å². The summed E-state index contributed by atoms with van der Waals surface area (Å²) in [5.41, 5.74) is 0.560. The molecule has 2 rings (SSSR count). The zero-order valence-electron chi connectivity index (χ0n) is 7.50. The second-order valence-corrected chi connectivity index (χ2v) is 3.30. The first-order chi connectivity index (χ1) is 6.30. The third-order valence-corrected chi connectivity index (χ3v) is 2.37. The number of aromatic nitrogens is 2. The Morgan fingerprint density at radius 3 is 2.92 bits per heavy atom. The summed E-state index contributed by atoms with van der Waals surface area (Å²) in [6.07, 6.45) is 2.70. The average molecular weight is 177 g/mol. The van der Waals surface area contributed by atoms with Gasteiger partial charge in [-0.15, -0.1) is 0 Å². The minimum Gasteiger partial charge on any atom is -0.377 e. The van der Waals surface area contributed by atoms with E-state index < -0.39 is 5.41 Å². The van der Waals surface area contributed by atoms with Gasteiger partial charge in [-0.3, -0.25) is 0 Å². The van der Waals surface area contributed by atoms with Crippen molar-refractivity contribution in [1.82, 2.24) is 9.97 Å². The van der Waals surface area contributed by atoms with Gasteiger partial charge >= 0.3 is 0 Å². The van der Waals surface area contributed by atoms with E-state index in [0.29, 0.717) is 13.2 Å². The van der Waals surface area contributed by atoms with Gasteiger partial charge < -0.3 is 9.72 Å². The van der Waals surface area contributed by atoms with Gasteiger partial charge in [0, 0.05) is 11.9 Å². The number of rotatable bonds is 2. The summed E-state index contributed by atoms with van der Waals surface area (Å²) in [5, 5.41) is 8.98. The molecule has 1 aliphatic heterocycles. The van der Waals surface area contributed by atoms with Gasteiger partial charge in [0.1, 0.15) is 5.82 Å². The van der Waals surface area contributed by atoms with Crippen molar-refractivity contribution in [2.45, 2.75) is 18.8 Å². The fourth-order valence-electron chi connectivity index (χ4n) is 1.34. The highest BCUT2D eigenvalue weighted by Gasteiger charge is 2.43. The number of nitrogens with one attached hydrogen (secondary N) is 1. The summed E-state index contributed by atoms with van der Waals surface area (Å²) in [6, 6.07) is 2.25. The van der Waals surface area contributed by atoms with Crippen LogP contribution in [0.5, 0.6) is 0 Å². The molecular formula is C9H11N3O. The zero-order valence-corrected chi connectivity index (χ0v) is 7.50. The van der Waals surface area contributed by atoms with Gasteiger partial charge in [0.25, 0.3) is 0 Å². The van der Waals surface area contributed by atoms with Crippen LogP contribution < -0.4 is 0 Å². The van der Waals surface area contributed by atoms with Gasteiger partial charge in [-0.25, -0.2) is 4.98 Å². The summed E-state index contributed by atoms with van der Waals surface area (Å²) in [4.78, 5) is 7.34. The fraction of sp³-hybridized carbons (Fsp3) is 0.556. The Hall–Kier alpha value is -1.34. The van der Waals surface area contributed by atoms with Crippen LogP contribution >= 0.6 is 0 Å². The normalized spacial score (nSPS) is 19.1. The lowest BCUT2D eigenvalue weighted by atomic mass is 9.87. The van der Waals surface area contributed by atoms with E-state index in [4.69, 9.17) is 10.00 Å². The topological polar surface area (TPSA) is 61.7 Å². The number of H-pyrrole nitrogens is 1. The highest BCUT2D eigenvalue weighted by atomic mass is 16.5. The highest BCUT2D eigenvalue weighted by molar-refractivity contribution is 5.25. The highest BCUT2D eigenvalue weighted by Crippen LogP contribution is 2.29. The first kappa shape index (κ1) is 8.27. The van der Waals surface area contributed by atoms with Crippen LogP contribution in [0.4, 0.5) is 0 Å². The zero-order chi connectivity index (χ0) is 9.31. The first-order valence-corrected chi connectivity index (χ1v) is 4.34. The van der Waals surface area contributed by atoms with Crippen LogP contribution in [0.15, 0.2) is 6.20 Å². The van der Waals surface area contributed by atoms with Crippen molar-refractivity contribution in [2.75, 3.05) is 13.2 Å². The van der Waals surface area contributed by atoms with E-state index in [1.165, 1.54) is 0 Å². The third-order valence-electron chi connectivity index (χ3n) is 2.37. The lowest BCUT2D eigenvalue weighted by molar-refractivity contribution is -0.0335. The van der Waals surface area contributed by atoms with E-state index in [1.807, 2.05) is 6.92 Å². The molecule has 0 aromatic carbocycles. The molecule has 0 radical (unpaired) electrons. The second kappa shape index (κ2) is 2.86. The van der Waals surface area contributed by atoms with Gasteiger partial charge in [0.15, 0.2) is 5.41 Å². The van der Waals surface area contributed by atoms with Crippen molar-refractivity contribution in [3.05, 3.63) is 17.7 Å². The van der Waals surface area contributed by atoms with Gasteiger partial charge in [0.2, 0.25) is 0 Å². The molecule has 68 valence electrons. The average Bonchev–Trinajstić information content (AvgIpc) is 2.52. The number of hydrogen-bond acceptors (Lipinski definition) is 3. The van der Waals surface area contributed by atoms with Crippen LogP contribution in [0.1, 0.15) is 18.4 Å². The number of ether oxygens (including phenoxy) is 1. The first-order valence-electron chi connectivity index (χ1n) is 4.34. The minimum absolute atomic E-state index is 0.458. The molecule has 1 saturated heterocycles. The van der Waals surface area contributed by atoms with E-state index in [9.17, 15) is 0 Å². The number of imidazole rings is 1. The van der Waals surface area contributed by atoms with Gasteiger partial charge in [0.05, 0.1) is 19.3 Å². The minimum atomic E-state index is -0.507. The van der Waals surface area contributed by atoms with Crippen molar-refractivity contribution < 1.29 is 4.74 Å². The smallest absolute Gasteiger partial charge is 0.161 e. The number of aromatic amines is 1. The maximum absolute atomic E-state index is 8.98. The molecule has 0 aliphatic carbocycles. The predicted octanol–water partition coefficient (Wildman–Crippen LogP) is 0.764. The predicted molar refractivity (Wildman–Crippen MR) is 46.1 cm³/mol. The number of hydrogen-bond donors (Lipinski definition) is 1. The van der Waals surface area contributed by atoms with Crippen LogP contribution in [0.25, 0.3) is 0 Å². The Kier molecular flexibility index (Phi) is 1.82. The van der Waals surface area contributed by atoms with Crippen molar-refractivity contribution >= 4 is 0 Å². The summed E-state index contributed by atoms with van der Waals surface area (Å²) in [5.74, 6) is 0.748. The lowest BCUT2D eigenvalue weighted by Crippen LogP contribution is -2.46. The number of nitriles is 1. The standard InChI is InChI=1S/C9H11N3O/c1-2-7-3-11-8(12-7)9(4-10)5-13-6-9/h3H,2,5-6H2,1H3,(H,11,12). The van der Waals surface area contributed by atoms with Crippen LogP contribution in [-0.4, -0.2) is 23.2 Å². The number of aryl methyl sites for hydroxylation is 1. The summed E-state index contributed by atoms with van der Waals surface area (Å²) >= 11 is 0. The van der Waals surface area contributed by atoms with Crippen molar-refractivity contribution in [1.29, 1.82) is 5.26 Å². The molecule has 1 aliphatic rings. The fourth-order valence-corrected chi connectivity index (χ4v) is 1.34. The number of nitrogens with zero attached hydrogens (tertiary/aromatic N) is 2. The molecule has 0 amide bonds. The second-order valence-electron chi connectivity index (χ2n) is 3.30. The monoisotopic (exact) mass is 177 g/mol. The van der Waals surface area contributed by atoms with E-state index in [2.05, 4.69) is 16.0 Å².